The molecule has 0 bridgehead atoms. The van der Waals surface area contributed by atoms with Crippen LogP contribution >= 0.6 is 11.6 Å². The average molecular weight is 274 g/mol. The molecule has 1 aromatic heterocycles. The number of benzene rings is 1. The van der Waals surface area contributed by atoms with E-state index in [0.29, 0.717) is 11.0 Å². The fourth-order valence-electron chi connectivity index (χ4n) is 1.52. The van der Waals surface area contributed by atoms with Gasteiger partial charge in [0.25, 0.3) is 0 Å². The van der Waals surface area contributed by atoms with E-state index in [-0.39, 0.29) is 15.8 Å². The Balaban J connectivity index is 2.72. The molecule has 0 aliphatic heterocycles. The van der Waals surface area contributed by atoms with Crippen molar-refractivity contribution in [1.82, 2.24) is 9.97 Å². The Bertz CT molecular complexity index is 676. The number of H-pyrrole nitrogens is 1. The third-order valence-electron chi connectivity index (χ3n) is 2.41. The predicted octanol–water partition coefficient (Wildman–Crippen LogP) is 1.99. The molecular weight excluding hydrogens is 262 g/mol. The fourth-order valence-corrected chi connectivity index (χ4v) is 2.62. The van der Waals surface area contributed by atoms with Crippen LogP contribution in [0.1, 0.15) is 25.6 Å². The highest BCUT2D eigenvalue weighted by atomic mass is 35.5. The Hall–Kier alpha value is -1.11. The molecule has 2 aromatic rings. The summed E-state index contributed by atoms with van der Waals surface area (Å²) in [6.07, 6.45) is 0. The molecule has 0 radical (unpaired) electrons. The summed E-state index contributed by atoms with van der Waals surface area (Å²) in [5.41, 5.74) is 1.24. The Labute approximate surface area is 104 Å². The van der Waals surface area contributed by atoms with E-state index in [2.05, 4.69) is 9.97 Å². The molecule has 0 atom stereocenters. The number of halogens is 1. The minimum absolute atomic E-state index is 0.0850. The molecule has 0 amide bonds. The number of nitrogens with two attached hydrogens (primary N) is 1. The first-order valence-corrected chi connectivity index (χ1v) is 6.93. The number of sulfonamides is 1. The zero-order valence-corrected chi connectivity index (χ0v) is 10.9. The van der Waals surface area contributed by atoms with Crippen LogP contribution in [0.25, 0.3) is 11.0 Å². The number of fused-ring (bicyclic) bond motifs is 1. The van der Waals surface area contributed by atoms with E-state index in [4.69, 9.17) is 16.7 Å². The lowest BCUT2D eigenvalue weighted by atomic mass is 10.2. The van der Waals surface area contributed by atoms with E-state index in [1.54, 1.807) is 0 Å². The van der Waals surface area contributed by atoms with Crippen LogP contribution in [-0.2, 0) is 10.0 Å². The van der Waals surface area contributed by atoms with Crippen LogP contribution in [0.2, 0.25) is 5.02 Å². The largest absolute Gasteiger partial charge is 0.342 e. The summed E-state index contributed by atoms with van der Waals surface area (Å²) >= 11 is 5.86. The van der Waals surface area contributed by atoms with E-state index >= 15 is 0 Å². The van der Waals surface area contributed by atoms with Gasteiger partial charge in [0.15, 0.2) is 0 Å². The number of hydrogen-bond acceptors (Lipinski definition) is 3. The zero-order valence-electron chi connectivity index (χ0n) is 9.36. The quantitative estimate of drug-likeness (QED) is 0.877. The lowest BCUT2D eigenvalue weighted by molar-refractivity contribution is 0.598. The van der Waals surface area contributed by atoms with Crippen LogP contribution in [0.5, 0.6) is 0 Å². The number of imidazole rings is 1. The third-order valence-corrected chi connectivity index (χ3v) is 3.78. The zero-order chi connectivity index (χ0) is 12.8. The van der Waals surface area contributed by atoms with Gasteiger partial charge in [0.2, 0.25) is 10.0 Å². The van der Waals surface area contributed by atoms with Gasteiger partial charge in [0.1, 0.15) is 10.7 Å². The molecule has 2 rings (SSSR count). The lowest BCUT2D eigenvalue weighted by Gasteiger charge is -2.00. The summed E-state index contributed by atoms with van der Waals surface area (Å²) in [5, 5.41) is 5.15. The monoisotopic (exact) mass is 273 g/mol. The third kappa shape index (κ3) is 2.29. The van der Waals surface area contributed by atoms with E-state index in [1.165, 1.54) is 12.1 Å². The molecule has 1 heterocycles. The van der Waals surface area contributed by atoms with Crippen LogP contribution in [-0.4, -0.2) is 18.4 Å². The fraction of sp³-hybridized carbons (Fsp3) is 0.300. The van der Waals surface area contributed by atoms with Crippen molar-refractivity contribution in [3.8, 4) is 0 Å². The second kappa shape index (κ2) is 3.97. The van der Waals surface area contributed by atoms with Crippen LogP contribution in [0.4, 0.5) is 0 Å². The molecule has 0 saturated heterocycles. The smallest absolute Gasteiger partial charge is 0.239 e. The number of nitrogens with one attached hydrogen (secondary N) is 1. The number of primary sulfonamides is 1. The van der Waals surface area contributed by atoms with Gasteiger partial charge in [-0.1, -0.05) is 25.4 Å². The second-order valence-corrected chi connectivity index (χ2v) is 6.06. The summed E-state index contributed by atoms with van der Waals surface area (Å²) in [7, 11) is -3.82. The highest BCUT2D eigenvalue weighted by Gasteiger charge is 2.16. The number of aromatic amines is 1. The van der Waals surface area contributed by atoms with E-state index < -0.39 is 10.0 Å². The van der Waals surface area contributed by atoms with Crippen LogP contribution in [0.15, 0.2) is 17.0 Å². The van der Waals surface area contributed by atoms with Crippen molar-refractivity contribution in [2.24, 2.45) is 5.14 Å². The highest BCUT2D eigenvalue weighted by molar-refractivity contribution is 7.89. The van der Waals surface area contributed by atoms with Gasteiger partial charge in [0, 0.05) is 5.92 Å². The van der Waals surface area contributed by atoms with Crippen molar-refractivity contribution in [1.29, 1.82) is 0 Å². The first kappa shape index (κ1) is 12.3. The first-order chi connectivity index (χ1) is 7.79. The number of nitrogens with zero attached hydrogens (tertiary/aromatic N) is 1. The summed E-state index contributed by atoms with van der Waals surface area (Å²) in [5.74, 6) is 1.00. The van der Waals surface area contributed by atoms with Gasteiger partial charge in [0.05, 0.1) is 16.1 Å². The molecule has 0 aliphatic carbocycles. The summed E-state index contributed by atoms with van der Waals surface area (Å²) in [6.45, 7) is 3.97. The van der Waals surface area contributed by atoms with Crippen molar-refractivity contribution < 1.29 is 8.42 Å². The summed E-state index contributed by atoms with van der Waals surface area (Å²) in [4.78, 5) is 7.27. The van der Waals surface area contributed by atoms with Gasteiger partial charge in [-0.3, -0.25) is 0 Å². The van der Waals surface area contributed by atoms with Gasteiger partial charge < -0.3 is 4.98 Å². The van der Waals surface area contributed by atoms with Crippen molar-refractivity contribution in [3.05, 3.63) is 23.0 Å². The van der Waals surface area contributed by atoms with Crippen LogP contribution in [0, 0.1) is 0 Å². The van der Waals surface area contributed by atoms with Gasteiger partial charge in [-0.2, -0.15) is 0 Å². The van der Waals surface area contributed by atoms with Gasteiger partial charge >= 0.3 is 0 Å². The second-order valence-electron chi connectivity index (χ2n) is 4.12. The van der Waals surface area contributed by atoms with E-state index in [1.807, 2.05) is 13.8 Å². The Kier molecular flexibility index (Phi) is 2.89. The normalized spacial score (nSPS) is 12.5. The molecule has 0 aliphatic rings. The number of hydrogen-bond donors (Lipinski definition) is 2. The molecule has 3 N–H and O–H groups in total. The average Bonchev–Trinajstić information content (AvgIpc) is 2.57. The standard InChI is InChI=1S/C10H12ClN3O2S/c1-5(2)10-13-7-3-6(11)9(17(12,15)16)4-8(7)14-10/h3-5H,1-2H3,(H,13,14)(H2,12,15,16). The predicted molar refractivity (Wildman–Crippen MR) is 66.6 cm³/mol. The molecule has 0 spiro atoms. The minimum Gasteiger partial charge on any atom is -0.342 e. The Morgan fingerprint density at radius 2 is 2.06 bits per heavy atom. The summed E-state index contributed by atoms with van der Waals surface area (Å²) < 4.78 is 22.6. The van der Waals surface area contributed by atoms with Crippen molar-refractivity contribution >= 4 is 32.7 Å². The Morgan fingerprint density at radius 1 is 1.41 bits per heavy atom. The van der Waals surface area contributed by atoms with Crippen LogP contribution in [0.3, 0.4) is 0 Å². The molecule has 0 unspecified atom stereocenters. The molecule has 17 heavy (non-hydrogen) atoms. The van der Waals surface area contributed by atoms with Crippen LogP contribution < -0.4 is 5.14 Å². The molecule has 0 fully saturated rings. The maximum Gasteiger partial charge on any atom is 0.239 e. The molecular formula is C10H12ClN3O2S. The first-order valence-electron chi connectivity index (χ1n) is 5.01. The number of aromatic nitrogens is 2. The van der Waals surface area contributed by atoms with Crippen molar-refractivity contribution in [3.63, 3.8) is 0 Å². The highest BCUT2D eigenvalue weighted by Crippen LogP contribution is 2.26. The number of rotatable bonds is 2. The molecule has 0 saturated carbocycles. The molecule has 1 aromatic carbocycles. The van der Waals surface area contributed by atoms with Gasteiger partial charge in [-0.25, -0.2) is 18.5 Å². The van der Waals surface area contributed by atoms with Gasteiger partial charge in [-0.15, -0.1) is 0 Å². The molecule has 92 valence electrons. The topological polar surface area (TPSA) is 88.8 Å². The van der Waals surface area contributed by atoms with Crippen molar-refractivity contribution in [2.45, 2.75) is 24.7 Å². The van der Waals surface area contributed by atoms with E-state index in [0.717, 1.165) is 5.82 Å². The summed E-state index contributed by atoms with van der Waals surface area (Å²) in [6, 6.07) is 2.91. The molecule has 5 nitrogen and oxygen atoms in total. The Morgan fingerprint density at radius 3 is 2.59 bits per heavy atom. The van der Waals surface area contributed by atoms with Crippen molar-refractivity contribution in [2.75, 3.05) is 0 Å². The molecule has 7 heteroatoms. The minimum atomic E-state index is -3.82. The lowest BCUT2D eigenvalue weighted by Crippen LogP contribution is -2.12. The maximum atomic E-state index is 11.3. The van der Waals surface area contributed by atoms with Gasteiger partial charge in [-0.05, 0) is 12.1 Å². The SMILES string of the molecule is CC(C)c1nc2cc(Cl)c(S(N)(=O)=O)cc2[nH]1. The van der Waals surface area contributed by atoms with E-state index in [9.17, 15) is 8.42 Å². The maximum absolute atomic E-state index is 11.3.